The maximum atomic E-state index is 13.2. The van der Waals surface area contributed by atoms with Crippen LogP contribution < -0.4 is 15.0 Å². The number of carbonyl (C=O) groups is 2. The largest absolute Gasteiger partial charge is 0.457 e. The zero-order valence-corrected chi connectivity index (χ0v) is 18.5. The van der Waals surface area contributed by atoms with Crippen LogP contribution in [-0.2, 0) is 9.59 Å². The third-order valence-corrected chi connectivity index (χ3v) is 5.35. The number of hydrogen-bond donors (Lipinski definition) is 1. The Labute approximate surface area is 200 Å². The first-order valence-electron chi connectivity index (χ1n) is 10.3. The third kappa shape index (κ3) is 4.32. The molecule has 8 nitrogen and oxygen atoms in total. The average Bonchev–Trinajstić information content (AvgIpc) is 3.39. The van der Waals surface area contributed by atoms with Gasteiger partial charge in [-0.3, -0.25) is 19.8 Å². The van der Waals surface area contributed by atoms with Crippen molar-refractivity contribution in [1.29, 1.82) is 0 Å². The van der Waals surface area contributed by atoms with E-state index in [2.05, 4.69) is 15.4 Å². The Morgan fingerprint density at radius 1 is 0.853 bits per heavy atom. The lowest BCUT2D eigenvalue weighted by atomic mass is 10.1. The van der Waals surface area contributed by atoms with Crippen molar-refractivity contribution in [2.75, 3.05) is 4.90 Å². The van der Waals surface area contributed by atoms with E-state index in [1.165, 1.54) is 17.3 Å². The van der Waals surface area contributed by atoms with Crippen LogP contribution in [0.25, 0.3) is 11.8 Å². The molecule has 0 saturated carbocycles. The van der Waals surface area contributed by atoms with E-state index in [0.29, 0.717) is 22.7 Å². The Bertz CT molecular complexity index is 1380. The molecule has 1 fully saturated rings. The minimum absolute atomic E-state index is 0.0189. The summed E-state index contributed by atoms with van der Waals surface area (Å²) >= 11 is 5.28. The first kappa shape index (κ1) is 21.2. The van der Waals surface area contributed by atoms with Crippen molar-refractivity contribution in [2.45, 2.75) is 0 Å². The lowest BCUT2D eigenvalue weighted by Crippen LogP contribution is -2.54. The number of hydrogen-bond acceptors (Lipinski definition) is 6. The van der Waals surface area contributed by atoms with Gasteiger partial charge in [0, 0.05) is 0 Å². The summed E-state index contributed by atoms with van der Waals surface area (Å²) in [7, 11) is 0. The van der Waals surface area contributed by atoms with E-state index < -0.39 is 11.8 Å². The van der Waals surface area contributed by atoms with Crippen molar-refractivity contribution in [3.8, 4) is 17.2 Å². The van der Waals surface area contributed by atoms with Crippen LogP contribution in [0, 0.1) is 0 Å². The Balaban J connectivity index is 1.38. The summed E-state index contributed by atoms with van der Waals surface area (Å²) in [6.45, 7) is 0. The number of anilines is 1. The van der Waals surface area contributed by atoms with Crippen LogP contribution >= 0.6 is 12.2 Å². The molecule has 4 aromatic rings. The highest BCUT2D eigenvalue weighted by Crippen LogP contribution is 2.27. The summed E-state index contributed by atoms with van der Waals surface area (Å²) in [6.07, 6.45) is 4.56. The van der Waals surface area contributed by atoms with Gasteiger partial charge in [0.05, 0.1) is 11.4 Å². The van der Waals surface area contributed by atoms with Gasteiger partial charge >= 0.3 is 0 Å². The monoisotopic (exact) mass is 467 g/mol. The molecule has 3 aromatic carbocycles. The number of amides is 2. The van der Waals surface area contributed by atoms with Crippen LogP contribution in [-0.4, -0.2) is 31.7 Å². The second-order valence-corrected chi connectivity index (χ2v) is 7.69. The zero-order valence-electron chi connectivity index (χ0n) is 17.7. The normalized spacial score (nSPS) is 14.9. The van der Waals surface area contributed by atoms with Crippen molar-refractivity contribution >= 4 is 40.9 Å². The number of aromatic nitrogens is 3. The second kappa shape index (κ2) is 9.08. The van der Waals surface area contributed by atoms with Crippen molar-refractivity contribution in [1.82, 2.24) is 20.1 Å². The number of ether oxygens (including phenoxy) is 1. The first-order valence-corrected chi connectivity index (χ1v) is 10.7. The number of para-hydroxylation sites is 1. The third-order valence-electron chi connectivity index (χ3n) is 5.06. The molecule has 5 rings (SSSR count). The lowest BCUT2D eigenvalue weighted by Gasteiger charge is -2.29. The molecule has 1 aliphatic rings. The van der Waals surface area contributed by atoms with Crippen LogP contribution in [0.3, 0.4) is 0 Å². The molecule has 9 heteroatoms. The highest BCUT2D eigenvalue weighted by molar-refractivity contribution is 7.80. The van der Waals surface area contributed by atoms with Crippen molar-refractivity contribution in [3.05, 3.63) is 103 Å². The number of rotatable bonds is 5. The lowest BCUT2D eigenvalue weighted by molar-refractivity contribution is -0.122. The summed E-state index contributed by atoms with van der Waals surface area (Å²) in [5, 5.41) is 6.69. The standard InChI is InChI=1S/C25H17N5O3S/c31-23-22(14-17-6-8-18(9-7-17)29-16-26-15-27-29)24(32)30(25(34)28-23)19-10-12-21(13-11-19)33-20-4-2-1-3-5-20/h1-16H,(H,28,31,34)/b22-14-. The predicted octanol–water partition coefficient (Wildman–Crippen LogP) is 3.89. The fourth-order valence-corrected chi connectivity index (χ4v) is 3.69. The molecule has 34 heavy (non-hydrogen) atoms. The number of thiocarbonyl (C=S) groups is 1. The summed E-state index contributed by atoms with van der Waals surface area (Å²) in [6, 6.07) is 23.5. The van der Waals surface area contributed by atoms with Gasteiger partial charge in [-0.2, -0.15) is 5.10 Å². The van der Waals surface area contributed by atoms with E-state index >= 15 is 0 Å². The second-order valence-electron chi connectivity index (χ2n) is 7.30. The molecule has 0 atom stereocenters. The summed E-state index contributed by atoms with van der Waals surface area (Å²) in [5.41, 5.74) is 1.98. The van der Waals surface area contributed by atoms with Gasteiger partial charge in [0.15, 0.2) is 5.11 Å². The van der Waals surface area contributed by atoms with Gasteiger partial charge in [-0.05, 0) is 72.4 Å². The van der Waals surface area contributed by atoms with Crippen LogP contribution in [0.4, 0.5) is 5.69 Å². The van der Waals surface area contributed by atoms with Gasteiger partial charge in [-0.15, -0.1) is 0 Å². The highest BCUT2D eigenvalue weighted by Gasteiger charge is 2.34. The number of carbonyl (C=O) groups excluding carboxylic acids is 2. The molecule has 1 N–H and O–H groups in total. The van der Waals surface area contributed by atoms with Crippen molar-refractivity contribution in [2.24, 2.45) is 0 Å². The van der Waals surface area contributed by atoms with E-state index in [0.717, 1.165) is 5.69 Å². The quantitative estimate of drug-likeness (QED) is 0.272. The molecule has 166 valence electrons. The minimum atomic E-state index is -0.546. The van der Waals surface area contributed by atoms with Gasteiger partial charge in [0.25, 0.3) is 11.8 Å². The smallest absolute Gasteiger partial charge is 0.270 e. The maximum absolute atomic E-state index is 13.2. The Morgan fingerprint density at radius 2 is 1.53 bits per heavy atom. The predicted molar refractivity (Wildman–Crippen MR) is 131 cm³/mol. The van der Waals surface area contributed by atoms with Gasteiger partial charge in [-0.1, -0.05) is 30.3 Å². The fraction of sp³-hybridized carbons (Fsp3) is 0. The highest BCUT2D eigenvalue weighted by atomic mass is 32.1. The summed E-state index contributed by atoms with van der Waals surface area (Å²) in [5.74, 6) is 0.256. The van der Waals surface area contributed by atoms with E-state index in [1.54, 1.807) is 47.4 Å². The van der Waals surface area contributed by atoms with Gasteiger partial charge in [0.2, 0.25) is 0 Å². The molecule has 1 aromatic heterocycles. The molecule has 0 radical (unpaired) electrons. The molecule has 0 aliphatic carbocycles. The van der Waals surface area contributed by atoms with E-state index in [1.807, 2.05) is 42.5 Å². The number of nitrogens with zero attached hydrogens (tertiary/aromatic N) is 4. The van der Waals surface area contributed by atoms with Crippen LogP contribution in [0.5, 0.6) is 11.5 Å². The molecule has 0 bridgehead atoms. The maximum Gasteiger partial charge on any atom is 0.270 e. The van der Waals surface area contributed by atoms with Gasteiger partial charge in [0.1, 0.15) is 29.7 Å². The van der Waals surface area contributed by atoms with Crippen molar-refractivity contribution < 1.29 is 14.3 Å². The Hall–Kier alpha value is -4.63. The Morgan fingerprint density at radius 3 is 2.21 bits per heavy atom. The van der Waals surface area contributed by atoms with Crippen LogP contribution in [0.15, 0.2) is 97.1 Å². The van der Waals surface area contributed by atoms with Crippen LogP contribution in [0.2, 0.25) is 0 Å². The van der Waals surface area contributed by atoms with E-state index in [4.69, 9.17) is 17.0 Å². The topological polar surface area (TPSA) is 89.4 Å². The molecular formula is C25H17N5O3S. The summed E-state index contributed by atoms with van der Waals surface area (Å²) < 4.78 is 7.41. The molecule has 2 heterocycles. The molecular weight excluding hydrogens is 450 g/mol. The van der Waals surface area contributed by atoms with Crippen LogP contribution in [0.1, 0.15) is 5.56 Å². The minimum Gasteiger partial charge on any atom is -0.457 e. The van der Waals surface area contributed by atoms with Crippen molar-refractivity contribution in [3.63, 3.8) is 0 Å². The fourth-order valence-electron chi connectivity index (χ4n) is 3.41. The van der Waals surface area contributed by atoms with E-state index in [-0.39, 0.29) is 10.7 Å². The number of benzene rings is 3. The van der Waals surface area contributed by atoms with E-state index in [9.17, 15) is 9.59 Å². The molecule has 2 amide bonds. The number of nitrogens with one attached hydrogen (secondary N) is 1. The molecule has 1 aliphatic heterocycles. The van der Waals surface area contributed by atoms with Gasteiger partial charge < -0.3 is 4.74 Å². The SMILES string of the molecule is O=C1NC(=S)N(c2ccc(Oc3ccccc3)cc2)C(=O)/C1=C\c1ccc(-n2cncn2)cc1. The Kier molecular flexibility index (Phi) is 5.67. The summed E-state index contributed by atoms with van der Waals surface area (Å²) in [4.78, 5) is 31.0. The molecule has 0 unspecified atom stereocenters. The average molecular weight is 468 g/mol. The van der Waals surface area contributed by atoms with Gasteiger partial charge in [-0.25, -0.2) is 9.67 Å². The molecule has 0 spiro atoms. The molecule has 1 saturated heterocycles. The zero-order chi connectivity index (χ0) is 23.5. The first-order chi connectivity index (χ1) is 16.6.